The quantitative estimate of drug-likeness (QED) is 0.715. The van der Waals surface area contributed by atoms with E-state index in [1.54, 1.807) is 36.4 Å². The lowest BCUT2D eigenvalue weighted by atomic mass is 10.2. The highest BCUT2D eigenvalue weighted by Crippen LogP contribution is 2.18. The van der Waals surface area contributed by atoms with E-state index in [4.69, 9.17) is 4.74 Å². The Morgan fingerprint density at radius 3 is 3.16 bits per heavy atom. The highest BCUT2D eigenvalue weighted by Gasteiger charge is 2.16. The number of aromatic nitrogens is 5. The minimum absolute atomic E-state index is 0.223. The fourth-order valence-electron chi connectivity index (χ4n) is 1.81. The van der Waals surface area contributed by atoms with Gasteiger partial charge in [-0.15, -0.1) is 0 Å². The Hall–Kier alpha value is -2.70. The van der Waals surface area contributed by atoms with Gasteiger partial charge in [-0.1, -0.05) is 0 Å². The second-order valence-corrected chi connectivity index (χ2v) is 3.85. The van der Waals surface area contributed by atoms with Crippen LogP contribution in [-0.2, 0) is 4.74 Å². The summed E-state index contributed by atoms with van der Waals surface area (Å²) in [7, 11) is 0. The van der Waals surface area contributed by atoms with Gasteiger partial charge in [0, 0.05) is 17.8 Å². The Labute approximate surface area is 108 Å². The first kappa shape index (κ1) is 11.4. The van der Waals surface area contributed by atoms with Crippen molar-refractivity contribution >= 4 is 16.9 Å². The summed E-state index contributed by atoms with van der Waals surface area (Å²) in [5, 5.41) is 7.48. The van der Waals surface area contributed by atoms with E-state index in [0.717, 1.165) is 5.39 Å². The molecule has 19 heavy (non-hydrogen) atoms. The van der Waals surface area contributed by atoms with Gasteiger partial charge >= 0.3 is 5.97 Å². The SMILES string of the molecule is CCOC(=O)c1nc(-n2ccnc2)cc2cn[nH]c12. The molecule has 0 saturated heterocycles. The molecule has 0 radical (unpaired) electrons. The van der Waals surface area contributed by atoms with Crippen LogP contribution in [-0.4, -0.2) is 37.3 Å². The van der Waals surface area contributed by atoms with Gasteiger partial charge in [-0.25, -0.2) is 14.8 Å². The Balaban J connectivity index is 2.18. The number of pyridine rings is 1. The van der Waals surface area contributed by atoms with Gasteiger partial charge in [0.15, 0.2) is 5.69 Å². The van der Waals surface area contributed by atoms with E-state index >= 15 is 0 Å². The van der Waals surface area contributed by atoms with Crippen LogP contribution in [0, 0.1) is 0 Å². The third-order valence-corrected chi connectivity index (χ3v) is 2.65. The predicted molar refractivity (Wildman–Crippen MR) is 67.0 cm³/mol. The van der Waals surface area contributed by atoms with Crippen LogP contribution in [0.25, 0.3) is 16.7 Å². The van der Waals surface area contributed by atoms with Gasteiger partial charge in [0.25, 0.3) is 0 Å². The molecule has 0 fully saturated rings. The van der Waals surface area contributed by atoms with Gasteiger partial charge in [0.05, 0.1) is 18.3 Å². The Bertz CT molecular complexity index is 717. The number of carbonyl (C=O) groups is 1. The van der Waals surface area contributed by atoms with Crippen molar-refractivity contribution in [1.82, 2.24) is 24.7 Å². The van der Waals surface area contributed by atoms with Crippen molar-refractivity contribution < 1.29 is 9.53 Å². The zero-order valence-corrected chi connectivity index (χ0v) is 10.2. The van der Waals surface area contributed by atoms with E-state index in [1.807, 2.05) is 6.07 Å². The summed E-state index contributed by atoms with van der Waals surface area (Å²) in [4.78, 5) is 20.2. The molecule has 3 aromatic rings. The molecule has 7 nitrogen and oxygen atoms in total. The molecule has 0 spiro atoms. The minimum atomic E-state index is -0.473. The minimum Gasteiger partial charge on any atom is -0.461 e. The van der Waals surface area contributed by atoms with Crippen LogP contribution in [0.2, 0.25) is 0 Å². The first-order valence-electron chi connectivity index (χ1n) is 5.79. The fraction of sp³-hybridized carbons (Fsp3) is 0.167. The number of H-pyrrole nitrogens is 1. The van der Waals surface area contributed by atoms with Crippen LogP contribution in [0.15, 0.2) is 31.0 Å². The molecule has 3 heterocycles. The van der Waals surface area contributed by atoms with Gasteiger partial charge in [0.1, 0.15) is 12.1 Å². The molecule has 3 aromatic heterocycles. The van der Waals surface area contributed by atoms with Gasteiger partial charge < -0.3 is 4.74 Å². The van der Waals surface area contributed by atoms with Crippen molar-refractivity contribution in [3.8, 4) is 5.82 Å². The number of esters is 1. The van der Waals surface area contributed by atoms with Crippen LogP contribution < -0.4 is 0 Å². The predicted octanol–water partition coefficient (Wildman–Crippen LogP) is 1.32. The Morgan fingerprint density at radius 1 is 1.53 bits per heavy atom. The molecule has 0 aliphatic carbocycles. The number of fused-ring (bicyclic) bond motifs is 1. The van der Waals surface area contributed by atoms with Crippen LogP contribution in [0.5, 0.6) is 0 Å². The number of ether oxygens (including phenoxy) is 1. The fourth-order valence-corrected chi connectivity index (χ4v) is 1.81. The van der Waals surface area contributed by atoms with Crippen molar-refractivity contribution in [3.05, 3.63) is 36.7 Å². The van der Waals surface area contributed by atoms with E-state index in [-0.39, 0.29) is 5.69 Å². The maximum absolute atomic E-state index is 11.9. The first-order valence-corrected chi connectivity index (χ1v) is 5.79. The van der Waals surface area contributed by atoms with Crippen molar-refractivity contribution in [2.45, 2.75) is 6.92 Å². The van der Waals surface area contributed by atoms with Crippen LogP contribution in [0.4, 0.5) is 0 Å². The number of imidazole rings is 1. The second-order valence-electron chi connectivity index (χ2n) is 3.85. The summed E-state index contributed by atoms with van der Waals surface area (Å²) in [6, 6.07) is 1.82. The number of nitrogens with zero attached hydrogens (tertiary/aromatic N) is 4. The van der Waals surface area contributed by atoms with Gasteiger partial charge in [-0.3, -0.25) is 9.67 Å². The van der Waals surface area contributed by atoms with Crippen molar-refractivity contribution in [2.24, 2.45) is 0 Å². The van der Waals surface area contributed by atoms with E-state index in [1.165, 1.54) is 0 Å². The molecule has 0 atom stereocenters. The van der Waals surface area contributed by atoms with E-state index in [9.17, 15) is 4.79 Å². The molecule has 0 bridgehead atoms. The first-order chi connectivity index (χ1) is 9.29. The van der Waals surface area contributed by atoms with Gasteiger partial charge in [-0.05, 0) is 13.0 Å². The smallest absolute Gasteiger partial charge is 0.359 e. The van der Waals surface area contributed by atoms with Crippen LogP contribution in [0.1, 0.15) is 17.4 Å². The average Bonchev–Trinajstić information content (AvgIpc) is 3.08. The molecule has 1 N–H and O–H groups in total. The topological polar surface area (TPSA) is 85.7 Å². The largest absolute Gasteiger partial charge is 0.461 e. The zero-order valence-electron chi connectivity index (χ0n) is 10.2. The number of hydrogen-bond donors (Lipinski definition) is 1. The molecule has 96 valence electrons. The average molecular weight is 257 g/mol. The number of nitrogens with one attached hydrogen (secondary N) is 1. The monoisotopic (exact) mass is 257 g/mol. The highest BCUT2D eigenvalue weighted by molar-refractivity contribution is 6.01. The van der Waals surface area contributed by atoms with Crippen LogP contribution >= 0.6 is 0 Å². The Kier molecular flexibility index (Phi) is 2.71. The zero-order chi connectivity index (χ0) is 13.2. The second kappa shape index (κ2) is 4.52. The van der Waals surface area contributed by atoms with Crippen LogP contribution in [0.3, 0.4) is 0 Å². The summed E-state index contributed by atoms with van der Waals surface area (Å²) in [5.41, 5.74) is 0.794. The standard InChI is InChI=1S/C12H11N5O2/c1-2-19-12(18)11-10-8(6-14-16-10)5-9(15-11)17-4-3-13-7-17/h3-7H,2H2,1H3,(H,14,16). The van der Waals surface area contributed by atoms with E-state index in [0.29, 0.717) is 17.9 Å². The van der Waals surface area contributed by atoms with Crippen molar-refractivity contribution in [3.63, 3.8) is 0 Å². The molecular weight excluding hydrogens is 246 g/mol. The molecule has 3 rings (SSSR count). The lowest BCUT2D eigenvalue weighted by Gasteiger charge is -2.06. The van der Waals surface area contributed by atoms with Gasteiger partial charge in [0.2, 0.25) is 0 Å². The number of carbonyl (C=O) groups excluding carboxylic acids is 1. The molecule has 7 heteroatoms. The normalized spacial score (nSPS) is 10.8. The third kappa shape index (κ3) is 1.95. The highest BCUT2D eigenvalue weighted by atomic mass is 16.5. The number of rotatable bonds is 3. The summed E-state index contributed by atoms with van der Waals surface area (Å²) >= 11 is 0. The van der Waals surface area contributed by atoms with E-state index in [2.05, 4.69) is 20.2 Å². The van der Waals surface area contributed by atoms with E-state index < -0.39 is 5.97 Å². The summed E-state index contributed by atoms with van der Waals surface area (Å²) < 4.78 is 6.72. The maximum Gasteiger partial charge on any atom is 0.359 e. The summed E-state index contributed by atoms with van der Waals surface area (Å²) in [6.07, 6.45) is 6.65. The molecule has 0 unspecified atom stereocenters. The summed E-state index contributed by atoms with van der Waals surface area (Å²) in [6.45, 7) is 2.05. The molecule has 0 aliphatic rings. The van der Waals surface area contributed by atoms with Gasteiger partial charge in [-0.2, -0.15) is 5.10 Å². The van der Waals surface area contributed by atoms with Crippen molar-refractivity contribution in [2.75, 3.05) is 6.61 Å². The summed E-state index contributed by atoms with van der Waals surface area (Å²) in [5.74, 6) is 0.119. The molecule has 0 aliphatic heterocycles. The molecule has 0 amide bonds. The maximum atomic E-state index is 11.9. The lowest BCUT2D eigenvalue weighted by molar-refractivity contribution is 0.0521. The number of hydrogen-bond acceptors (Lipinski definition) is 5. The van der Waals surface area contributed by atoms with Crippen molar-refractivity contribution in [1.29, 1.82) is 0 Å². The lowest BCUT2D eigenvalue weighted by Crippen LogP contribution is -2.10. The molecule has 0 saturated carbocycles. The number of aromatic amines is 1. The molecule has 0 aromatic carbocycles. The third-order valence-electron chi connectivity index (χ3n) is 2.65. The Morgan fingerprint density at radius 2 is 2.42 bits per heavy atom. The molecular formula is C12H11N5O2.